The van der Waals surface area contributed by atoms with Crippen molar-refractivity contribution in [1.29, 1.82) is 0 Å². The largest absolute Gasteiger partial charge is 0.508 e. The Morgan fingerprint density at radius 2 is 1.70 bits per heavy atom. The molecule has 0 saturated carbocycles. The second-order valence-corrected chi connectivity index (χ2v) is 5.01. The van der Waals surface area contributed by atoms with Crippen molar-refractivity contribution < 1.29 is 19.4 Å². The number of phenols is 1. The monoisotopic (exact) mass is 313 g/mol. The molecule has 2 rings (SSSR count). The standard InChI is InChI=1S/C18H19NO4/c1-3-19(15-7-5-4-6-8-15)17(21)13(2)23-18(22)14-9-11-16(20)12-10-14/h4-13,20H,3H2,1-2H3/t13-/m1/s1. The van der Waals surface area contributed by atoms with Gasteiger partial charge in [0.25, 0.3) is 5.91 Å². The molecule has 1 atom stereocenters. The fourth-order valence-corrected chi connectivity index (χ4v) is 2.17. The molecule has 0 aromatic heterocycles. The zero-order valence-electron chi connectivity index (χ0n) is 13.1. The highest BCUT2D eigenvalue weighted by molar-refractivity contribution is 5.99. The summed E-state index contributed by atoms with van der Waals surface area (Å²) < 4.78 is 5.23. The molecule has 23 heavy (non-hydrogen) atoms. The molecule has 5 nitrogen and oxygen atoms in total. The van der Waals surface area contributed by atoms with Crippen molar-refractivity contribution in [3.8, 4) is 5.75 Å². The molecule has 2 aromatic carbocycles. The normalized spacial score (nSPS) is 11.6. The van der Waals surface area contributed by atoms with Gasteiger partial charge >= 0.3 is 5.97 Å². The number of hydrogen-bond acceptors (Lipinski definition) is 4. The van der Waals surface area contributed by atoms with Gasteiger partial charge in [0.2, 0.25) is 0 Å². The van der Waals surface area contributed by atoms with Crippen LogP contribution in [-0.2, 0) is 9.53 Å². The van der Waals surface area contributed by atoms with Crippen LogP contribution >= 0.6 is 0 Å². The van der Waals surface area contributed by atoms with Gasteiger partial charge < -0.3 is 14.7 Å². The van der Waals surface area contributed by atoms with E-state index in [-0.39, 0.29) is 17.2 Å². The molecule has 1 N–H and O–H groups in total. The summed E-state index contributed by atoms with van der Waals surface area (Å²) in [7, 11) is 0. The lowest BCUT2D eigenvalue weighted by atomic mass is 10.2. The van der Waals surface area contributed by atoms with E-state index in [0.29, 0.717) is 6.54 Å². The summed E-state index contributed by atoms with van der Waals surface area (Å²) in [5, 5.41) is 9.23. The van der Waals surface area contributed by atoms with E-state index in [4.69, 9.17) is 4.74 Å². The van der Waals surface area contributed by atoms with Gasteiger partial charge in [-0.1, -0.05) is 18.2 Å². The average Bonchev–Trinajstić information content (AvgIpc) is 2.57. The predicted molar refractivity (Wildman–Crippen MR) is 87.5 cm³/mol. The van der Waals surface area contributed by atoms with Crippen molar-refractivity contribution in [2.24, 2.45) is 0 Å². The molecule has 0 aliphatic heterocycles. The highest BCUT2D eigenvalue weighted by Crippen LogP contribution is 2.16. The van der Waals surface area contributed by atoms with Gasteiger partial charge in [-0.15, -0.1) is 0 Å². The Balaban J connectivity index is 2.06. The maximum Gasteiger partial charge on any atom is 0.338 e. The average molecular weight is 313 g/mol. The summed E-state index contributed by atoms with van der Waals surface area (Å²) >= 11 is 0. The van der Waals surface area contributed by atoms with Crippen molar-refractivity contribution in [2.45, 2.75) is 20.0 Å². The van der Waals surface area contributed by atoms with Crippen LogP contribution in [0, 0.1) is 0 Å². The lowest BCUT2D eigenvalue weighted by molar-refractivity contribution is -0.126. The third kappa shape index (κ3) is 4.10. The minimum absolute atomic E-state index is 0.0620. The molecular weight excluding hydrogens is 294 g/mol. The van der Waals surface area contributed by atoms with Gasteiger partial charge in [0, 0.05) is 12.2 Å². The van der Waals surface area contributed by atoms with Gasteiger partial charge in [0.1, 0.15) is 5.75 Å². The maximum absolute atomic E-state index is 12.5. The van der Waals surface area contributed by atoms with Crippen molar-refractivity contribution >= 4 is 17.6 Å². The first kappa shape index (κ1) is 16.5. The molecule has 2 aromatic rings. The van der Waals surface area contributed by atoms with Crippen LogP contribution in [0.25, 0.3) is 0 Å². The summed E-state index contributed by atoms with van der Waals surface area (Å²) in [5.74, 6) is -0.826. The van der Waals surface area contributed by atoms with Crippen molar-refractivity contribution in [1.82, 2.24) is 0 Å². The van der Waals surface area contributed by atoms with Gasteiger partial charge in [-0.3, -0.25) is 4.79 Å². The maximum atomic E-state index is 12.5. The zero-order valence-corrected chi connectivity index (χ0v) is 13.1. The highest BCUT2D eigenvalue weighted by Gasteiger charge is 2.24. The molecule has 0 unspecified atom stereocenters. The minimum atomic E-state index is -0.906. The third-order valence-corrected chi connectivity index (χ3v) is 3.38. The molecule has 0 bridgehead atoms. The Labute approximate surface area is 135 Å². The fraction of sp³-hybridized carbons (Fsp3) is 0.222. The first-order valence-corrected chi connectivity index (χ1v) is 7.39. The minimum Gasteiger partial charge on any atom is -0.508 e. The van der Waals surface area contributed by atoms with Crippen LogP contribution in [0.2, 0.25) is 0 Å². The number of para-hydroxylation sites is 1. The first-order chi connectivity index (χ1) is 11.0. The SMILES string of the molecule is CCN(C(=O)[C@@H](C)OC(=O)c1ccc(O)cc1)c1ccccc1. The summed E-state index contributed by atoms with van der Waals surface area (Å²) in [6.45, 7) is 3.88. The van der Waals surface area contributed by atoms with E-state index < -0.39 is 12.1 Å². The molecule has 120 valence electrons. The van der Waals surface area contributed by atoms with E-state index in [1.54, 1.807) is 11.8 Å². The number of benzene rings is 2. The van der Waals surface area contributed by atoms with Crippen LogP contribution in [0.1, 0.15) is 24.2 Å². The molecule has 0 fully saturated rings. The second kappa shape index (κ2) is 7.45. The van der Waals surface area contributed by atoms with E-state index in [1.165, 1.54) is 24.3 Å². The van der Waals surface area contributed by atoms with E-state index in [0.717, 1.165) is 5.69 Å². The lowest BCUT2D eigenvalue weighted by Gasteiger charge is -2.24. The molecule has 0 heterocycles. The van der Waals surface area contributed by atoms with Crippen LogP contribution in [0.4, 0.5) is 5.69 Å². The van der Waals surface area contributed by atoms with Crippen molar-refractivity contribution in [3.05, 3.63) is 60.2 Å². The van der Waals surface area contributed by atoms with Gasteiger partial charge in [0.15, 0.2) is 6.10 Å². The van der Waals surface area contributed by atoms with E-state index in [9.17, 15) is 14.7 Å². The molecule has 0 aliphatic carbocycles. The number of amides is 1. The summed E-state index contributed by atoms with van der Waals surface area (Å²) in [5.41, 5.74) is 1.04. The number of aromatic hydroxyl groups is 1. The topological polar surface area (TPSA) is 66.8 Å². The molecule has 0 saturated heterocycles. The third-order valence-electron chi connectivity index (χ3n) is 3.38. The van der Waals surface area contributed by atoms with Gasteiger partial charge in [-0.2, -0.15) is 0 Å². The van der Waals surface area contributed by atoms with Crippen LogP contribution < -0.4 is 4.90 Å². The molecule has 1 amide bonds. The Morgan fingerprint density at radius 3 is 2.26 bits per heavy atom. The predicted octanol–water partition coefficient (Wildman–Crippen LogP) is 2.99. The lowest BCUT2D eigenvalue weighted by Crippen LogP contribution is -2.40. The molecule has 0 radical (unpaired) electrons. The van der Waals surface area contributed by atoms with Crippen LogP contribution in [0.3, 0.4) is 0 Å². The Bertz CT molecular complexity index is 667. The number of likely N-dealkylation sites (N-methyl/N-ethyl adjacent to an activating group) is 1. The zero-order chi connectivity index (χ0) is 16.8. The van der Waals surface area contributed by atoms with Gasteiger partial charge in [-0.25, -0.2) is 4.79 Å². The number of phenolic OH excluding ortho intramolecular Hbond substituents is 1. The fourth-order valence-electron chi connectivity index (χ4n) is 2.17. The molecule has 5 heteroatoms. The highest BCUT2D eigenvalue weighted by atomic mass is 16.5. The van der Waals surface area contributed by atoms with Crippen molar-refractivity contribution in [3.63, 3.8) is 0 Å². The molecule has 0 spiro atoms. The number of nitrogens with zero attached hydrogens (tertiary/aromatic N) is 1. The number of rotatable bonds is 5. The van der Waals surface area contributed by atoms with Crippen molar-refractivity contribution in [2.75, 3.05) is 11.4 Å². The van der Waals surface area contributed by atoms with Crippen LogP contribution in [0.5, 0.6) is 5.75 Å². The number of esters is 1. The molecular formula is C18H19NO4. The van der Waals surface area contributed by atoms with E-state index >= 15 is 0 Å². The summed E-state index contributed by atoms with van der Waals surface area (Å²) in [4.78, 5) is 26.1. The Morgan fingerprint density at radius 1 is 1.09 bits per heavy atom. The van der Waals surface area contributed by atoms with E-state index in [1.807, 2.05) is 37.3 Å². The van der Waals surface area contributed by atoms with Gasteiger partial charge in [0.05, 0.1) is 5.56 Å². The van der Waals surface area contributed by atoms with E-state index in [2.05, 4.69) is 0 Å². The molecule has 0 aliphatic rings. The number of carbonyl (C=O) groups is 2. The smallest absolute Gasteiger partial charge is 0.338 e. The Kier molecular flexibility index (Phi) is 5.36. The number of carbonyl (C=O) groups excluding carboxylic acids is 2. The quantitative estimate of drug-likeness (QED) is 0.862. The van der Waals surface area contributed by atoms with Gasteiger partial charge in [-0.05, 0) is 50.2 Å². The number of ether oxygens (including phenoxy) is 1. The summed E-state index contributed by atoms with van der Waals surface area (Å²) in [6.07, 6.45) is -0.906. The second-order valence-electron chi connectivity index (χ2n) is 5.01. The number of anilines is 1. The summed E-state index contributed by atoms with van der Waals surface area (Å²) in [6, 6.07) is 14.9. The van der Waals surface area contributed by atoms with Crippen LogP contribution in [-0.4, -0.2) is 29.6 Å². The van der Waals surface area contributed by atoms with Crippen LogP contribution in [0.15, 0.2) is 54.6 Å². The first-order valence-electron chi connectivity index (χ1n) is 7.39. The number of hydrogen-bond donors (Lipinski definition) is 1. The Hall–Kier alpha value is -2.82.